The van der Waals surface area contributed by atoms with Crippen LogP contribution >= 0.6 is 0 Å². The van der Waals surface area contributed by atoms with Crippen LogP contribution in [0.25, 0.3) is 0 Å². The maximum Gasteiger partial charge on any atom is 0.317 e. The number of urea groups is 1. The maximum absolute atomic E-state index is 12.0. The Bertz CT molecular complexity index is 400. The van der Waals surface area contributed by atoms with Crippen molar-refractivity contribution in [3.8, 4) is 0 Å². The number of aliphatic carboxylic acids is 1. The number of amides is 3. The highest BCUT2D eigenvalue weighted by molar-refractivity contribution is 5.84. The SMILES string of the molecule is CNC(=O)C1(C)CCN(C(=O)NCCCCCC(=O)O)C1. The Morgan fingerprint density at radius 1 is 1.24 bits per heavy atom. The van der Waals surface area contributed by atoms with Gasteiger partial charge in [0.15, 0.2) is 0 Å². The van der Waals surface area contributed by atoms with E-state index >= 15 is 0 Å². The molecule has 7 nitrogen and oxygen atoms in total. The first-order valence-corrected chi connectivity index (χ1v) is 7.36. The largest absolute Gasteiger partial charge is 0.481 e. The van der Waals surface area contributed by atoms with Gasteiger partial charge in [0.1, 0.15) is 0 Å². The predicted molar refractivity (Wildman–Crippen MR) is 77.9 cm³/mol. The number of carbonyl (C=O) groups is 3. The summed E-state index contributed by atoms with van der Waals surface area (Å²) in [7, 11) is 1.60. The summed E-state index contributed by atoms with van der Waals surface area (Å²) < 4.78 is 0. The van der Waals surface area contributed by atoms with Gasteiger partial charge in [-0.25, -0.2) is 4.79 Å². The average Bonchev–Trinajstić information content (AvgIpc) is 2.85. The number of rotatable bonds is 7. The number of unbranched alkanes of at least 4 members (excludes halogenated alkanes) is 2. The van der Waals surface area contributed by atoms with E-state index in [1.807, 2.05) is 6.92 Å². The number of carbonyl (C=O) groups excluding carboxylic acids is 2. The summed E-state index contributed by atoms with van der Waals surface area (Å²) in [6.07, 6.45) is 3.01. The van der Waals surface area contributed by atoms with E-state index in [1.54, 1.807) is 11.9 Å². The Kier molecular flexibility index (Phi) is 6.45. The Morgan fingerprint density at radius 2 is 1.95 bits per heavy atom. The molecule has 1 unspecified atom stereocenters. The molecule has 120 valence electrons. The number of hydrogen-bond acceptors (Lipinski definition) is 3. The smallest absolute Gasteiger partial charge is 0.317 e. The van der Waals surface area contributed by atoms with Gasteiger partial charge >= 0.3 is 12.0 Å². The van der Waals surface area contributed by atoms with Crippen LogP contribution in [0.2, 0.25) is 0 Å². The molecule has 0 bridgehead atoms. The molecule has 0 radical (unpaired) electrons. The molecule has 3 N–H and O–H groups in total. The second kappa shape index (κ2) is 7.85. The fourth-order valence-corrected chi connectivity index (χ4v) is 2.51. The standard InChI is InChI=1S/C14H25N3O4/c1-14(12(20)15-2)7-9-17(10-14)13(21)16-8-5-3-4-6-11(18)19/h3-10H2,1-2H3,(H,15,20)(H,16,21)(H,18,19). The average molecular weight is 299 g/mol. The van der Waals surface area contributed by atoms with Crippen LogP contribution in [0.1, 0.15) is 39.0 Å². The van der Waals surface area contributed by atoms with Crippen LogP contribution in [0.5, 0.6) is 0 Å². The van der Waals surface area contributed by atoms with Crippen LogP contribution in [-0.2, 0) is 9.59 Å². The Morgan fingerprint density at radius 3 is 2.57 bits per heavy atom. The van der Waals surface area contributed by atoms with Gasteiger partial charge in [-0.05, 0) is 26.2 Å². The van der Waals surface area contributed by atoms with Gasteiger partial charge < -0.3 is 20.6 Å². The molecule has 0 aliphatic carbocycles. The van der Waals surface area contributed by atoms with Gasteiger partial charge in [0.2, 0.25) is 5.91 Å². The van der Waals surface area contributed by atoms with Crippen LogP contribution in [0, 0.1) is 5.41 Å². The zero-order valence-electron chi connectivity index (χ0n) is 12.8. The van der Waals surface area contributed by atoms with E-state index in [0.717, 1.165) is 12.8 Å². The number of nitrogens with zero attached hydrogens (tertiary/aromatic N) is 1. The molecule has 1 saturated heterocycles. The summed E-state index contributed by atoms with van der Waals surface area (Å²) in [5.41, 5.74) is -0.506. The summed E-state index contributed by atoms with van der Waals surface area (Å²) in [5, 5.41) is 14.0. The third-order valence-electron chi connectivity index (χ3n) is 3.88. The molecule has 1 heterocycles. The van der Waals surface area contributed by atoms with Crippen molar-refractivity contribution in [1.82, 2.24) is 15.5 Å². The van der Waals surface area contributed by atoms with E-state index in [1.165, 1.54) is 0 Å². The topological polar surface area (TPSA) is 98.7 Å². The van der Waals surface area contributed by atoms with Crippen molar-refractivity contribution in [2.75, 3.05) is 26.7 Å². The van der Waals surface area contributed by atoms with Crippen molar-refractivity contribution in [3.63, 3.8) is 0 Å². The Labute approximate surface area is 125 Å². The maximum atomic E-state index is 12.0. The first kappa shape index (κ1) is 17.3. The molecule has 0 aromatic carbocycles. The number of hydrogen-bond donors (Lipinski definition) is 3. The van der Waals surface area contributed by atoms with E-state index in [9.17, 15) is 14.4 Å². The van der Waals surface area contributed by atoms with Crippen molar-refractivity contribution in [3.05, 3.63) is 0 Å². The lowest BCUT2D eigenvalue weighted by atomic mass is 9.89. The summed E-state index contributed by atoms with van der Waals surface area (Å²) in [6.45, 7) is 3.41. The molecule has 1 aliphatic rings. The normalized spacial score (nSPS) is 21.1. The summed E-state index contributed by atoms with van der Waals surface area (Å²) in [5.74, 6) is -0.823. The number of likely N-dealkylation sites (tertiary alicyclic amines) is 1. The molecule has 21 heavy (non-hydrogen) atoms. The second-order valence-electron chi connectivity index (χ2n) is 5.75. The van der Waals surface area contributed by atoms with Crippen molar-refractivity contribution >= 4 is 17.9 Å². The lowest BCUT2D eigenvalue weighted by molar-refractivity contribution is -0.137. The molecule has 0 saturated carbocycles. The highest BCUT2D eigenvalue weighted by atomic mass is 16.4. The molecule has 7 heteroatoms. The summed E-state index contributed by atoms with van der Waals surface area (Å²) >= 11 is 0. The van der Waals surface area contributed by atoms with Crippen LogP contribution in [-0.4, -0.2) is 54.6 Å². The first-order chi connectivity index (χ1) is 9.89. The van der Waals surface area contributed by atoms with Crippen molar-refractivity contribution in [1.29, 1.82) is 0 Å². The predicted octanol–water partition coefficient (Wildman–Crippen LogP) is 0.799. The lowest BCUT2D eigenvalue weighted by Gasteiger charge is -2.22. The van der Waals surface area contributed by atoms with Gasteiger partial charge in [0.05, 0.1) is 5.41 Å². The number of carboxylic acids is 1. The van der Waals surface area contributed by atoms with Gasteiger partial charge in [-0.2, -0.15) is 0 Å². The van der Waals surface area contributed by atoms with Crippen LogP contribution in [0.15, 0.2) is 0 Å². The van der Waals surface area contributed by atoms with Crippen LogP contribution in [0.4, 0.5) is 4.79 Å². The fourth-order valence-electron chi connectivity index (χ4n) is 2.51. The summed E-state index contributed by atoms with van der Waals surface area (Å²) in [6, 6.07) is -0.152. The highest BCUT2D eigenvalue weighted by Gasteiger charge is 2.41. The van der Waals surface area contributed by atoms with Gasteiger partial charge in [0, 0.05) is 33.1 Å². The van der Waals surface area contributed by atoms with E-state index in [2.05, 4.69) is 10.6 Å². The van der Waals surface area contributed by atoms with Crippen molar-refractivity contribution < 1.29 is 19.5 Å². The van der Waals surface area contributed by atoms with E-state index in [4.69, 9.17) is 5.11 Å². The Balaban J connectivity index is 2.22. The molecule has 1 aliphatic heterocycles. The third-order valence-corrected chi connectivity index (χ3v) is 3.88. The van der Waals surface area contributed by atoms with Gasteiger partial charge in [-0.3, -0.25) is 9.59 Å². The minimum atomic E-state index is -0.787. The molecule has 3 amide bonds. The van der Waals surface area contributed by atoms with Crippen LogP contribution in [0.3, 0.4) is 0 Å². The molecule has 0 spiro atoms. The fraction of sp³-hybridized carbons (Fsp3) is 0.786. The van der Waals surface area contributed by atoms with Gasteiger partial charge in [-0.1, -0.05) is 6.42 Å². The zero-order valence-corrected chi connectivity index (χ0v) is 12.8. The second-order valence-corrected chi connectivity index (χ2v) is 5.75. The van der Waals surface area contributed by atoms with E-state index in [0.29, 0.717) is 32.5 Å². The van der Waals surface area contributed by atoms with Crippen LogP contribution < -0.4 is 10.6 Å². The quantitative estimate of drug-likeness (QED) is 0.605. The van der Waals surface area contributed by atoms with E-state index < -0.39 is 11.4 Å². The minimum Gasteiger partial charge on any atom is -0.481 e. The number of carboxylic acid groups (broad SMARTS) is 1. The molecule has 1 rings (SSSR count). The first-order valence-electron chi connectivity index (χ1n) is 7.36. The molecule has 0 aromatic heterocycles. The monoisotopic (exact) mass is 299 g/mol. The van der Waals surface area contributed by atoms with Crippen molar-refractivity contribution in [2.24, 2.45) is 5.41 Å². The van der Waals surface area contributed by atoms with E-state index in [-0.39, 0.29) is 18.4 Å². The molecule has 1 atom stereocenters. The zero-order chi connectivity index (χ0) is 15.9. The summed E-state index contributed by atoms with van der Waals surface area (Å²) in [4.78, 5) is 35.8. The molecule has 1 fully saturated rings. The third kappa shape index (κ3) is 5.24. The highest BCUT2D eigenvalue weighted by Crippen LogP contribution is 2.29. The van der Waals surface area contributed by atoms with Gasteiger partial charge in [0.25, 0.3) is 0 Å². The van der Waals surface area contributed by atoms with Gasteiger partial charge in [-0.15, -0.1) is 0 Å². The molecule has 0 aromatic rings. The van der Waals surface area contributed by atoms with Crippen molar-refractivity contribution in [2.45, 2.75) is 39.0 Å². The Hall–Kier alpha value is -1.79. The molecular weight excluding hydrogens is 274 g/mol. The number of nitrogens with one attached hydrogen (secondary N) is 2. The minimum absolute atomic E-state index is 0.0357. The molecular formula is C14H25N3O4. The lowest BCUT2D eigenvalue weighted by Crippen LogP contribution is -2.43.